The van der Waals surface area contributed by atoms with Crippen molar-refractivity contribution in [3.05, 3.63) is 58.5 Å². The van der Waals surface area contributed by atoms with E-state index in [0.717, 1.165) is 26.1 Å². The molecule has 2 amide bonds. The van der Waals surface area contributed by atoms with Crippen LogP contribution in [0.15, 0.2) is 58.5 Å². The summed E-state index contributed by atoms with van der Waals surface area (Å²) < 4.78 is 16.7. The largest absolute Gasteiger partial charge is 0.439 e. The SMILES string of the molecule is CO[C@H]1/C=C\C=C(/C)C(=O)NC2=CC(=O)C(NCCCN3CCCC3)=C(C[C@@H](C)C[C@H](OC)[C@H](O)[C@@H](C)/C=C(\C)[C@@H]1OC(N)=O)C2=O. The van der Waals surface area contributed by atoms with Gasteiger partial charge >= 0.3 is 6.09 Å². The molecule has 2 bridgehead atoms. The van der Waals surface area contributed by atoms with Gasteiger partial charge in [-0.15, -0.1) is 0 Å². The molecule has 2 aliphatic heterocycles. The molecule has 1 aliphatic carbocycles. The smallest absolute Gasteiger partial charge is 0.405 e. The molecule has 0 saturated carbocycles. The number of fused-ring (bicyclic) bond motifs is 2. The molecule has 260 valence electrons. The van der Waals surface area contributed by atoms with Crippen LogP contribution in [0.25, 0.3) is 0 Å². The van der Waals surface area contributed by atoms with Gasteiger partial charge in [-0.1, -0.05) is 38.2 Å². The number of carbonyl (C=O) groups excluding carboxylic acids is 4. The van der Waals surface area contributed by atoms with Crippen molar-refractivity contribution >= 4 is 23.6 Å². The molecule has 6 atom stereocenters. The van der Waals surface area contributed by atoms with Gasteiger partial charge in [0.1, 0.15) is 6.10 Å². The van der Waals surface area contributed by atoms with E-state index in [2.05, 4.69) is 15.5 Å². The van der Waals surface area contributed by atoms with Crippen LogP contribution in [0.4, 0.5) is 4.79 Å². The van der Waals surface area contributed by atoms with E-state index < -0.39 is 48.1 Å². The summed E-state index contributed by atoms with van der Waals surface area (Å²) in [6.07, 6.45) is 7.22. The van der Waals surface area contributed by atoms with Gasteiger partial charge < -0.3 is 40.6 Å². The van der Waals surface area contributed by atoms with Crippen molar-refractivity contribution < 1.29 is 38.5 Å². The fourth-order valence-corrected chi connectivity index (χ4v) is 6.30. The first-order valence-electron chi connectivity index (χ1n) is 16.4. The van der Waals surface area contributed by atoms with Crippen LogP contribution in [0, 0.1) is 11.8 Å². The van der Waals surface area contributed by atoms with Crippen LogP contribution in [0.3, 0.4) is 0 Å². The van der Waals surface area contributed by atoms with Crippen LogP contribution in [0.2, 0.25) is 0 Å². The summed E-state index contributed by atoms with van der Waals surface area (Å²) in [4.78, 5) is 54.6. The number of amides is 2. The maximum atomic E-state index is 13.8. The van der Waals surface area contributed by atoms with E-state index in [4.69, 9.17) is 19.9 Å². The van der Waals surface area contributed by atoms with Gasteiger partial charge in [-0.3, -0.25) is 14.4 Å². The number of primary amides is 1. The van der Waals surface area contributed by atoms with E-state index in [1.165, 1.54) is 39.2 Å². The Labute approximate surface area is 278 Å². The average molecular weight is 657 g/mol. The molecular formula is C35H52N4O8. The summed E-state index contributed by atoms with van der Waals surface area (Å²) in [5.74, 6) is -1.98. The van der Waals surface area contributed by atoms with E-state index >= 15 is 0 Å². The number of likely N-dealkylation sites (tertiary alicyclic amines) is 1. The quantitative estimate of drug-likeness (QED) is 0.173. The zero-order valence-electron chi connectivity index (χ0n) is 28.5. The maximum Gasteiger partial charge on any atom is 0.405 e. The number of Topliss-reactive ketones (excluding diaryl/α,β-unsaturated/α-hetero) is 1. The molecule has 2 heterocycles. The summed E-state index contributed by atoms with van der Waals surface area (Å²) >= 11 is 0. The van der Waals surface area contributed by atoms with Crippen LogP contribution in [0.5, 0.6) is 0 Å². The Hall–Kier alpha value is -3.58. The van der Waals surface area contributed by atoms with Gasteiger partial charge in [0.15, 0.2) is 6.10 Å². The van der Waals surface area contributed by atoms with Gasteiger partial charge in [-0.25, -0.2) is 4.79 Å². The fraction of sp³-hybridized carbons (Fsp3) is 0.600. The molecule has 1 fully saturated rings. The molecule has 1 saturated heterocycles. The van der Waals surface area contributed by atoms with Gasteiger partial charge in [-0.05, 0) is 77.1 Å². The number of ketones is 2. The lowest BCUT2D eigenvalue weighted by Gasteiger charge is -2.30. The number of aliphatic hydroxyl groups is 1. The summed E-state index contributed by atoms with van der Waals surface area (Å²) in [6, 6.07) is 0. The summed E-state index contributed by atoms with van der Waals surface area (Å²) in [7, 11) is 2.96. The zero-order chi connectivity index (χ0) is 34.7. The van der Waals surface area contributed by atoms with Crippen LogP contribution < -0.4 is 16.4 Å². The van der Waals surface area contributed by atoms with Crippen molar-refractivity contribution in [1.82, 2.24) is 15.5 Å². The van der Waals surface area contributed by atoms with Crippen molar-refractivity contribution in [1.29, 1.82) is 0 Å². The van der Waals surface area contributed by atoms with Crippen LogP contribution in [-0.2, 0) is 28.6 Å². The molecular weight excluding hydrogens is 604 g/mol. The molecule has 3 rings (SSSR count). The van der Waals surface area contributed by atoms with Gasteiger partial charge in [0, 0.05) is 43.9 Å². The van der Waals surface area contributed by atoms with E-state index in [1.54, 1.807) is 32.1 Å². The average Bonchev–Trinajstić information content (AvgIpc) is 3.55. The van der Waals surface area contributed by atoms with Crippen molar-refractivity contribution in [2.75, 3.05) is 40.4 Å². The second-order valence-corrected chi connectivity index (χ2v) is 12.8. The standard InChI is InChI=1S/C35H52N4O8/c1-21-17-25-30(37-13-10-16-39-14-7-8-15-39)27(40)20-26(32(25)42)38-34(43)22(2)11-9-12-28(45-5)33(47-35(36)44)24(4)19-23(3)31(41)29(18-21)46-6/h9,11-12,19-21,23,28-29,31,33,37,41H,7-8,10,13-18H2,1-6H3,(H2,36,44)(H,38,43)/b12-9-,22-11+,24-19+/t21-,23+,28+,29+,31-,33+/m1/s1. The van der Waals surface area contributed by atoms with Crippen molar-refractivity contribution in [2.45, 2.75) is 84.2 Å². The molecule has 47 heavy (non-hydrogen) atoms. The van der Waals surface area contributed by atoms with E-state index in [1.807, 2.05) is 13.8 Å². The number of ether oxygens (including phenoxy) is 3. The number of aliphatic hydroxyl groups excluding tert-OH is 1. The number of rotatable bonds is 8. The minimum absolute atomic E-state index is 0.0964. The van der Waals surface area contributed by atoms with Crippen LogP contribution >= 0.6 is 0 Å². The molecule has 0 unspecified atom stereocenters. The first kappa shape index (κ1) is 37.9. The van der Waals surface area contributed by atoms with E-state index in [-0.39, 0.29) is 35.1 Å². The first-order valence-corrected chi connectivity index (χ1v) is 16.4. The Morgan fingerprint density at radius 3 is 2.47 bits per heavy atom. The molecule has 0 aromatic rings. The van der Waals surface area contributed by atoms with Crippen molar-refractivity contribution in [3.8, 4) is 0 Å². The summed E-state index contributed by atoms with van der Waals surface area (Å²) in [5, 5.41) is 17.2. The third kappa shape index (κ3) is 10.7. The maximum absolute atomic E-state index is 13.8. The minimum Gasteiger partial charge on any atom is -0.439 e. The second kappa shape index (κ2) is 18.1. The fourth-order valence-electron chi connectivity index (χ4n) is 6.30. The molecule has 12 heteroatoms. The Bertz CT molecular complexity index is 1310. The molecule has 5 N–H and O–H groups in total. The zero-order valence-corrected chi connectivity index (χ0v) is 28.5. The van der Waals surface area contributed by atoms with E-state index in [9.17, 15) is 24.3 Å². The van der Waals surface area contributed by atoms with Crippen molar-refractivity contribution in [3.63, 3.8) is 0 Å². The van der Waals surface area contributed by atoms with Crippen LogP contribution in [-0.4, -0.2) is 98.4 Å². The number of nitrogens with two attached hydrogens (primary N) is 1. The third-order valence-corrected chi connectivity index (χ3v) is 8.95. The lowest BCUT2D eigenvalue weighted by molar-refractivity contribution is -0.120. The molecule has 0 radical (unpaired) electrons. The first-order chi connectivity index (χ1) is 22.4. The Morgan fingerprint density at radius 2 is 1.83 bits per heavy atom. The van der Waals surface area contributed by atoms with Gasteiger partial charge in [0.05, 0.1) is 23.6 Å². The minimum atomic E-state index is -0.993. The molecule has 12 nitrogen and oxygen atoms in total. The number of allylic oxidation sites excluding steroid dienone is 4. The lowest BCUT2D eigenvalue weighted by atomic mass is 9.85. The topological polar surface area (TPSA) is 170 Å². The number of methoxy groups -OCH3 is 2. The molecule has 0 spiro atoms. The van der Waals surface area contributed by atoms with E-state index in [0.29, 0.717) is 24.1 Å². The molecule has 3 aliphatic rings. The predicted octanol–water partition coefficient (Wildman–Crippen LogP) is 2.84. The summed E-state index contributed by atoms with van der Waals surface area (Å²) in [5.41, 5.74) is 6.68. The highest BCUT2D eigenvalue weighted by Crippen LogP contribution is 2.29. The highest BCUT2D eigenvalue weighted by molar-refractivity contribution is 6.23. The lowest BCUT2D eigenvalue weighted by Crippen LogP contribution is -2.38. The molecule has 0 aromatic heterocycles. The number of carbonyl (C=O) groups is 4. The Kier molecular flexibility index (Phi) is 14.6. The highest BCUT2D eigenvalue weighted by atomic mass is 16.6. The van der Waals surface area contributed by atoms with Crippen LogP contribution in [0.1, 0.15) is 59.8 Å². The highest BCUT2D eigenvalue weighted by Gasteiger charge is 2.33. The number of hydrogen-bond acceptors (Lipinski definition) is 10. The predicted molar refractivity (Wildman–Crippen MR) is 178 cm³/mol. The number of hydrogen-bond donors (Lipinski definition) is 4. The Morgan fingerprint density at radius 1 is 1.13 bits per heavy atom. The normalized spacial score (nSPS) is 31.7. The number of nitrogens with one attached hydrogen (secondary N) is 2. The number of nitrogens with zero attached hydrogens (tertiary/aromatic N) is 1. The van der Waals surface area contributed by atoms with Gasteiger partial charge in [0.2, 0.25) is 11.6 Å². The van der Waals surface area contributed by atoms with Gasteiger partial charge in [0.25, 0.3) is 5.91 Å². The van der Waals surface area contributed by atoms with Gasteiger partial charge in [-0.2, -0.15) is 0 Å². The second-order valence-electron chi connectivity index (χ2n) is 12.8. The monoisotopic (exact) mass is 656 g/mol. The Balaban J connectivity index is 1.98. The summed E-state index contributed by atoms with van der Waals surface area (Å²) in [6.45, 7) is 10.7. The third-order valence-electron chi connectivity index (χ3n) is 8.95. The molecule has 0 aromatic carbocycles. The van der Waals surface area contributed by atoms with Crippen molar-refractivity contribution in [2.24, 2.45) is 17.6 Å².